The first-order valence-electron chi connectivity index (χ1n) is 6.45. The second kappa shape index (κ2) is 6.53. The lowest BCUT2D eigenvalue weighted by atomic mass is 10.1. The van der Waals surface area contributed by atoms with Crippen molar-refractivity contribution < 1.29 is 28.6 Å². The van der Waals surface area contributed by atoms with E-state index in [1.165, 1.54) is 24.1 Å². The standard InChI is InChI=1S/C14H16FNO5/c1-20-12-3-2-9(6-10(12)15)7-13(17)16-4-5-21-8-11(16)14(18)19/h2-3,6,11H,4-5,7-8H2,1H3,(H,18,19)/t11-/m0/s1. The summed E-state index contributed by atoms with van der Waals surface area (Å²) in [6, 6.07) is 3.24. The van der Waals surface area contributed by atoms with Crippen LogP contribution in [0.2, 0.25) is 0 Å². The van der Waals surface area contributed by atoms with E-state index in [4.69, 9.17) is 14.6 Å². The van der Waals surface area contributed by atoms with Gasteiger partial charge in [0.1, 0.15) is 0 Å². The summed E-state index contributed by atoms with van der Waals surface area (Å²) in [6.07, 6.45) is -0.0648. The minimum Gasteiger partial charge on any atom is -0.494 e. The van der Waals surface area contributed by atoms with Crippen molar-refractivity contribution in [2.45, 2.75) is 12.5 Å². The van der Waals surface area contributed by atoms with Gasteiger partial charge in [0.25, 0.3) is 0 Å². The third-order valence-corrected chi connectivity index (χ3v) is 3.31. The van der Waals surface area contributed by atoms with Gasteiger partial charge in [0, 0.05) is 6.54 Å². The highest BCUT2D eigenvalue weighted by Gasteiger charge is 2.32. The van der Waals surface area contributed by atoms with Crippen LogP contribution in [0.4, 0.5) is 4.39 Å². The molecule has 0 spiro atoms. The van der Waals surface area contributed by atoms with Crippen LogP contribution >= 0.6 is 0 Å². The van der Waals surface area contributed by atoms with Crippen LogP contribution in [-0.2, 0) is 20.7 Å². The molecule has 1 aliphatic rings. The zero-order valence-corrected chi connectivity index (χ0v) is 11.5. The van der Waals surface area contributed by atoms with Gasteiger partial charge >= 0.3 is 5.97 Å². The van der Waals surface area contributed by atoms with Gasteiger partial charge in [0.15, 0.2) is 17.6 Å². The topological polar surface area (TPSA) is 76.1 Å². The number of benzene rings is 1. The van der Waals surface area contributed by atoms with Gasteiger partial charge in [-0.05, 0) is 17.7 Å². The summed E-state index contributed by atoms with van der Waals surface area (Å²) in [7, 11) is 1.36. The molecule has 6 nitrogen and oxygen atoms in total. The van der Waals surface area contributed by atoms with Crippen LogP contribution in [0.1, 0.15) is 5.56 Å². The van der Waals surface area contributed by atoms with Gasteiger partial charge < -0.3 is 19.5 Å². The third kappa shape index (κ3) is 3.49. The van der Waals surface area contributed by atoms with Gasteiger partial charge in [0.2, 0.25) is 5.91 Å². The van der Waals surface area contributed by atoms with Crippen LogP contribution in [0.3, 0.4) is 0 Å². The van der Waals surface area contributed by atoms with E-state index in [1.54, 1.807) is 6.07 Å². The maximum Gasteiger partial charge on any atom is 0.328 e. The second-order valence-corrected chi connectivity index (χ2v) is 4.66. The molecule has 7 heteroatoms. The quantitative estimate of drug-likeness (QED) is 0.885. The number of hydrogen-bond donors (Lipinski definition) is 1. The Morgan fingerprint density at radius 3 is 2.90 bits per heavy atom. The van der Waals surface area contributed by atoms with Crippen LogP contribution in [0.15, 0.2) is 18.2 Å². The van der Waals surface area contributed by atoms with Crippen LogP contribution < -0.4 is 4.74 Å². The number of rotatable bonds is 4. The molecule has 0 aliphatic carbocycles. The first kappa shape index (κ1) is 15.2. The Bertz CT molecular complexity index is 548. The molecule has 0 unspecified atom stereocenters. The molecule has 1 aromatic rings. The third-order valence-electron chi connectivity index (χ3n) is 3.31. The second-order valence-electron chi connectivity index (χ2n) is 4.66. The Morgan fingerprint density at radius 2 is 2.29 bits per heavy atom. The van der Waals surface area contributed by atoms with Crippen LogP contribution in [0.25, 0.3) is 0 Å². The molecule has 0 bridgehead atoms. The van der Waals surface area contributed by atoms with E-state index in [-0.39, 0.29) is 31.2 Å². The van der Waals surface area contributed by atoms with E-state index in [0.29, 0.717) is 12.2 Å². The molecule has 1 heterocycles. The summed E-state index contributed by atoms with van der Waals surface area (Å²) in [5, 5.41) is 9.09. The number of carbonyl (C=O) groups is 2. The Labute approximate surface area is 121 Å². The molecule has 1 fully saturated rings. The zero-order valence-electron chi connectivity index (χ0n) is 11.5. The number of carboxylic acids is 1. The smallest absolute Gasteiger partial charge is 0.328 e. The van der Waals surface area contributed by atoms with E-state index in [0.717, 1.165) is 0 Å². The fourth-order valence-electron chi connectivity index (χ4n) is 2.20. The van der Waals surface area contributed by atoms with Crippen molar-refractivity contribution in [1.82, 2.24) is 4.90 Å². The van der Waals surface area contributed by atoms with E-state index >= 15 is 0 Å². The molecule has 1 N–H and O–H groups in total. The van der Waals surface area contributed by atoms with Gasteiger partial charge in [-0.1, -0.05) is 6.07 Å². The van der Waals surface area contributed by atoms with E-state index < -0.39 is 17.8 Å². The number of amides is 1. The number of morpholine rings is 1. The molecule has 0 radical (unpaired) electrons. The van der Waals surface area contributed by atoms with Gasteiger partial charge in [-0.2, -0.15) is 0 Å². The van der Waals surface area contributed by atoms with E-state index in [2.05, 4.69) is 0 Å². The first-order chi connectivity index (χ1) is 10.0. The summed E-state index contributed by atoms with van der Waals surface area (Å²) in [5.74, 6) is -1.93. The summed E-state index contributed by atoms with van der Waals surface area (Å²) < 4.78 is 23.5. The van der Waals surface area contributed by atoms with Crippen molar-refractivity contribution in [2.24, 2.45) is 0 Å². The van der Waals surface area contributed by atoms with Crippen molar-refractivity contribution >= 4 is 11.9 Å². The molecular formula is C14H16FNO5. The van der Waals surface area contributed by atoms with E-state index in [1.807, 2.05) is 0 Å². The summed E-state index contributed by atoms with van der Waals surface area (Å²) in [6.45, 7) is 0.485. The molecule has 1 amide bonds. The number of hydrogen-bond acceptors (Lipinski definition) is 4. The minimum atomic E-state index is -1.11. The maximum atomic E-state index is 13.6. The minimum absolute atomic E-state index is 0.0297. The number of carbonyl (C=O) groups excluding carboxylic acids is 1. The van der Waals surface area contributed by atoms with E-state index in [9.17, 15) is 14.0 Å². The largest absolute Gasteiger partial charge is 0.494 e. The number of carboxylic acid groups (broad SMARTS) is 1. The highest BCUT2D eigenvalue weighted by molar-refractivity contribution is 5.85. The van der Waals surface area contributed by atoms with Crippen molar-refractivity contribution in [1.29, 1.82) is 0 Å². The van der Waals surface area contributed by atoms with Gasteiger partial charge in [-0.3, -0.25) is 4.79 Å². The highest BCUT2D eigenvalue weighted by atomic mass is 19.1. The molecule has 0 aromatic heterocycles. The fourth-order valence-corrected chi connectivity index (χ4v) is 2.20. The maximum absolute atomic E-state index is 13.6. The Balaban J connectivity index is 2.09. The molecule has 1 aliphatic heterocycles. The lowest BCUT2D eigenvalue weighted by molar-refractivity contribution is -0.158. The summed E-state index contributed by atoms with van der Waals surface area (Å²) >= 11 is 0. The number of methoxy groups -OCH3 is 1. The average Bonchev–Trinajstić information content (AvgIpc) is 2.47. The average molecular weight is 297 g/mol. The lowest BCUT2D eigenvalue weighted by Crippen LogP contribution is -2.53. The Hall–Kier alpha value is -2.15. The Morgan fingerprint density at radius 1 is 1.52 bits per heavy atom. The van der Waals surface area contributed by atoms with Gasteiger partial charge in [-0.15, -0.1) is 0 Å². The number of aliphatic carboxylic acids is 1. The zero-order chi connectivity index (χ0) is 15.4. The molecule has 0 saturated carbocycles. The molecule has 21 heavy (non-hydrogen) atoms. The predicted octanol–water partition coefficient (Wildman–Crippen LogP) is 0.689. The van der Waals surface area contributed by atoms with Crippen molar-refractivity contribution in [3.05, 3.63) is 29.6 Å². The van der Waals surface area contributed by atoms with Gasteiger partial charge in [0.05, 0.1) is 26.7 Å². The molecular weight excluding hydrogens is 281 g/mol. The lowest BCUT2D eigenvalue weighted by Gasteiger charge is -2.32. The molecule has 2 rings (SSSR count). The number of ether oxygens (including phenoxy) is 2. The molecule has 1 aromatic carbocycles. The number of nitrogens with zero attached hydrogens (tertiary/aromatic N) is 1. The van der Waals surface area contributed by atoms with Crippen LogP contribution in [0, 0.1) is 5.82 Å². The normalized spacial score (nSPS) is 18.4. The van der Waals surface area contributed by atoms with Crippen molar-refractivity contribution in [2.75, 3.05) is 26.9 Å². The van der Waals surface area contributed by atoms with Crippen LogP contribution in [-0.4, -0.2) is 54.8 Å². The fraction of sp³-hybridized carbons (Fsp3) is 0.429. The highest BCUT2D eigenvalue weighted by Crippen LogP contribution is 2.19. The Kier molecular flexibility index (Phi) is 4.74. The van der Waals surface area contributed by atoms with Gasteiger partial charge in [-0.25, -0.2) is 9.18 Å². The SMILES string of the molecule is COc1ccc(CC(=O)N2CCOC[C@H]2C(=O)O)cc1F. The molecule has 1 saturated heterocycles. The monoisotopic (exact) mass is 297 g/mol. The van der Waals surface area contributed by atoms with Crippen LogP contribution in [0.5, 0.6) is 5.75 Å². The molecule has 114 valence electrons. The van der Waals surface area contributed by atoms with Crippen molar-refractivity contribution in [3.8, 4) is 5.75 Å². The summed E-state index contributed by atoms with van der Waals surface area (Å²) in [4.78, 5) is 24.6. The molecule has 1 atom stereocenters. The predicted molar refractivity (Wildman–Crippen MR) is 70.6 cm³/mol. The summed E-state index contributed by atoms with van der Waals surface area (Å²) in [5.41, 5.74) is 0.467. The number of halogens is 1. The first-order valence-corrected chi connectivity index (χ1v) is 6.45. The van der Waals surface area contributed by atoms with Crippen molar-refractivity contribution in [3.63, 3.8) is 0 Å².